The Bertz CT molecular complexity index is 1230. The largest absolute Gasteiger partial charge is 0.344 e. The third-order valence-electron chi connectivity index (χ3n) is 6.43. The van der Waals surface area contributed by atoms with Crippen molar-refractivity contribution in [1.29, 1.82) is 0 Å². The number of rotatable bonds is 3. The Kier molecular flexibility index (Phi) is 4.59. The predicted molar refractivity (Wildman–Crippen MR) is 124 cm³/mol. The summed E-state index contributed by atoms with van der Waals surface area (Å²) in [4.78, 5) is 19.3. The smallest absolute Gasteiger partial charge is 0.188 e. The second-order valence-electron chi connectivity index (χ2n) is 8.87. The van der Waals surface area contributed by atoms with Crippen LogP contribution >= 0.6 is 11.3 Å². The third-order valence-corrected chi connectivity index (χ3v) is 7.44. The fourth-order valence-corrected chi connectivity index (χ4v) is 5.76. The summed E-state index contributed by atoms with van der Waals surface area (Å²) < 4.78 is 1.88. The van der Waals surface area contributed by atoms with Gasteiger partial charge in [0.15, 0.2) is 10.8 Å². The molecule has 1 atom stereocenters. The first-order chi connectivity index (χ1) is 14.3. The van der Waals surface area contributed by atoms with Crippen LogP contribution in [-0.2, 0) is 0 Å². The maximum atomic E-state index is 5.14. The maximum absolute atomic E-state index is 5.14. The zero-order valence-corrected chi connectivity index (χ0v) is 19.3. The van der Waals surface area contributed by atoms with Gasteiger partial charge < -0.3 is 14.8 Å². The molecule has 1 saturated heterocycles. The molecule has 1 aliphatic rings. The quantitative estimate of drug-likeness (QED) is 0.535. The lowest BCUT2D eigenvalue weighted by Gasteiger charge is -2.38. The summed E-state index contributed by atoms with van der Waals surface area (Å²) in [5, 5.41) is 5.51. The average Bonchev–Trinajstić information content (AvgIpc) is 3.38. The van der Waals surface area contributed by atoms with Crippen LogP contribution in [0.1, 0.15) is 43.4 Å². The highest BCUT2D eigenvalue weighted by Gasteiger charge is 2.27. The lowest BCUT2D eigenvalue weighted by Crippen LogP contribution is -2.50. The molecule has 8 heteroatoms. The fraction of sp³-hybridized carbons (Fsp3) is 0.500. The number of aromatic amines is 1. The molecule has 0 unspecified atom stereocenters. The van der Waals surface area contributed by atoms with Gasteiger partial charge in [0, 0.05) is 43.0 Å². The monoisotopic (exact) mass is 423 g/mol. The Labute approximate surface area is 180 Å². The van der Waals surface area contributed by atoms with E-state index in [4.69, 9.17) is 4.98 Å². The normalized spacial score (nSPS) is 18.4. The number of H-pyrrole nitrogens is 1. The molecule has 1 fully saturated rings. The Hall–Kier alpha value is -2.45. The molecular formula is C22H29N7S. The number of nitrogens with one attached hydrogen (secondary N) is 1. The van der Waals surface area contributed by atoms with Crippen LogP contribution in [0.4, 0.5) is 5.13 Å². The van der Waals surface area contributed by atoms with E-state index < -0.39 is 0 Å². The number of anilines is 1. The molecule has 7 nitrogen and oxygen atoms in total. The molecule has 0 radical (unpaired) electrons. The van der Waals surface area contributed by atoms with Crippen LogP contribution in [0.25, 0.3) is 27.3 Å². The highest BCUT2D eigenvalue weighted by Crippen LogP contribution is 2.41. The van der Waals surface area contributed by atoms with Crippen molar-refractivity contribution < 1.29 is 0 Å². The van der Waals surface area contributed by atoms with Gasteiger partial charge in [-0.05, 0) is 44.9 Å². The molecule has 5 rings (SSSR count). The van der Waals surface area contributed by atoms with Crippen LogP contribution in [0.15, 0.2) is 12.5 Å². The number of aromatic nitrogens is 5. The number of nitrogens with zero attached hydrogens (tertiary/aromatic N) is 6. The average molecular weight is 424 g/mol. The topological polar surface area (TPSA) is 65.4 Å². The SMILES string of the molecule is Cc1c(-c2[nH]c3sc(N4CCN(C)C[C@H]4C)nc3c2C(C)C)cn2ncnc2c1C. The fourth-order valence-electron chi connectivity index (χ4n) is 4.65. The van der Waals surface area contributed by atoms with Gasteiger partial charge in [-0.25, -0.2) is 14.5 Å². The molecule has 0 amide bonds. The van der Waals surface area contributed by atoms with Gasteiger partial charge in [0.05, 0.1) is 5.69 Å². The molecule has 0 aromatic carbocycles. The van der Waals surface area contributed by atoms with Crippen molar-refractivity contribution in [3.8, 4) is 11.3 Å². The van der Waals surface area contributed by atoms with E-state index in [1.54, 1.807) is 17.7 Å². The molecule has 0 aliphatic carbocycles. The first-order valence-electron chi connectivity index (χ1n) is 10.6. The van der Waals surface area contributed by atoms with Crippen LogP contribution < -0.4 is 4.90 Å². The molecule has 30 heavy (non-hydrogen) atoms. The lowest BCUT2D eigenvalue weighted by molar-refractivity contribution is 0.275. The number of pyridine rings is 1. The lowest BCUT2D eigenvalue weighted by atomic mass is 9.96. The standard InChI is InChI=1S/C22H29N7S/c1-12(2)17-18(16-10-29-20(23-11-24-29)15(5)14(16)4)25-21-19(17)26-22(30-21)28-8-7-27(6)9-13(28)3/h10-13,25H,7-9H2,1-6H3/t13-/m1/s1. The van der Waals surface area contributed by atoms with Gasteiger partial charge >= 0.3 is 0 Å². The Morgan fingerprint density at radius 3 is 2.73 bits per heavy atom. The minimum absolute atomic E-state index is 0.361. The molecule has 158 valence electrons. The molecule has 4 aromatic heterocycles. The van der Waals surface area contributed by atoms with Gasteiger partial charge in [-0.2, -0.15) is 5.10 Å². The van der Waals surface area contributed by atoms with E-state index in [-0.39, 0.29) is 0 Å². The van der Waals surface area contributed by atoms with E-state index in [2.05, 4.69) is 72.7 Å². The number of piperazine rings is 1. The van der Waals surface area contributed by atoms with Crippen molar-refractivity contribution in [2.75, 3.05) is 31.6 Å². The van der Waals surface area contributed by atoms with Crippen molar-refractivity contribution in [2.45, 2.75) is 46.6 Å². The van der Waals surface area contributed by atoms with E-state index in [1.807, 2.05) is 4.52 Å². The van der Waals surface area contributed by atoms with Crippen molar-refractivity contribution in [2.24, 2.45) is 0 Å². The van der Waals surface area contributed by atoms with Gasteiger partial charge in [0.25, 0.3) is 0 Å². The van der Waals surface area contributed by atoms with Crippen LogP contribution in [0.3, 0.4) is 0 Å². The van der Waals surface area contributed by atoms with E-state index in [9.17, 15) is 0 Å². The van der Waals surface area contributed by atoms with Gasteiger partial charge in [-0.15, -0.1) is 0 Å². The summed E-state index contributed by atoms with van der Waals surface area (Å²) in [5.41, 5.74) is 8.05. The third kappa shape index (κ3) is 2.93. The molecule has 5 heterocycles. The Morgan fingerprint density at radius 1 is 1.20 bits per heavy atom. The summed E-state index contributed by atoms with van der Waals surface area (Å²) in [5.74, 6) is 0.361. The zero-order valence-electron chi connectivity index (χ0n) is 18.5. The first-order valence-corrected chi connectivity index (χ1v) is 11.4. The first kappa shape index (κ1) is 19.5. The number of hydrogen-bond donors (Lipinski definition) is 1. The number of aryl methyl sites for hydroxylation is 1. The predicted octanol–water partition coefficient (Wildman–Crippen LogP) is 4.21. The summed E-state index contributed by atoms with van der Waals surface area (Å²) in [6, 6.07) is 0.473. The molecular weight excluding hydrogens is 394 g/mol. The maximum Gasteiger partial charge on any atom is 0.188 e. The minimum atomic E-state index is 0.361. The summed E-state index contributed by atoms with van der Waals surface area (Å²) in [6.07, 6.45) is 3.71. The van der Waals surface area contributed by atoms with Crippen molar-refractivity contribution >= 4 is 32.5 Å². The van der Waals surface area contributed by atoms with Gasteiger partial charge in [-0.3, -0.25) is 0 Å². The Balaban J connectivity index is 1.65. The number of hydrogen-bond acceptors (Lipinski definition) is 6. The van der Waals surface area contributed by atoms with Crippen LogP contribution in [0.2, 0.25) is 0 Å². The molecule has 0 spiro atoms. The van der Waals surface area contributed by atoms with Gasteiger partial charge in [0.1, 0.15) is 16.7 Å². The summed E-state index contributed by atoms with van der Waals surface area (Å²) in [7, 11) is 2.19. The summed E-state index contributed by atoms with van der Waals surface area (Å²) >= 11 is 1.78. The van der Waals surface area contributed by atoms with Gasteiger partial charge in [-0.1, -0.05) is 25.2 Å². The van der Waals surface area contributed by atoms with E-state index in [0.717, 1.165) is 52.0 Å². The van der Waals surface area contributed by atoms with Crippen molar-refractivity contribution in [3.63, 3.8) is 0 Å². The molecule has 4 aromatic rings. The molecule has 0 bridgehead atoms. The second-order valence-corrected chi connectivity index (χ2v) is 9.85. The highest BCUT2D eigenvalue weighted by molar-refractivity contribution is 7.21. The Morgan fingerprint density at radius 2 is 2.00 bits per heavy atom. The minimum Gasteiger partial charge on any atom is -0.344 e. The van der Waals surface area contributed by atoms with Crippen molar-refractivity contribution in [3.05, 3.63) is 29.2 Å². The van der Waals surface area contributed by atoms with Crippen LogP contribution in [0.5, 0.6) is 0 Å². The number of likely N-dealkylation sites (N-methyl/N-ethyl adjacent to an activating group) is 1. The van der Waals surface area contributed by atoms with Gasteiger partial charge in [0.2, 0.25) is 0 Å². The number of thiazole rings is 1. The van der Waals surface area contributed by atoms with E-state index >= 15 is 0 Å². The molecule has 1 aliphatic heterocycles. The highest BCUT2D eigenvalue weighted by atomic mass is 32.1. The number of fused-ring (bicyclic) bond motifs is 2. The zero-order chi connectivity index (χ0) is 21.2. The molecule has 1 N–H and O–H groups in total. The van der Waals surface area contributed by atoms with E-state index in [0.29, 0.717) is 12.0 Å². The van der Waals surface area contributed by atoms with Crippen molar-refractivity contribution in [1.82, 2.24) is 29.5 Å². The van der Waals surface area contributed by atoms with Crippen LogP contribution in [-0.4, -0.2) is 62.2 Å². The summed E-state index contributed by atoms with van der Waals surface area (Å²) in [6.45, 7) is 14.3. The molecule has 0 saturated carbocycles. The second kappa shape index (κ2) is 7.06. The van der Waals surface area contributed by atoms with Crippen LogP contribution in [0, 0.1) is 13.8 Å². The van der Waals surface area contributed by atoms with E-state index in [1.165, 1.54) is 16.7 Å².